The second kappa shape index (κ2) is 7.59. The van der Waals surface area contributed by atoms with Crippen LogP contribution in [0.1, 0.15) is 23.2 Å². The van der Waals surface area contributed by atoms with Crippen molar-refractivity contribution >= 4 is 12.0 Å². The Hall–Kier alpha value is -2.37. The molecule has 1 fully saturated rings. The monoisotopic (exact) mass is 306 g/mol. The Labute approximate surface area is 128 Å². The fourth-order valence-corrected chi connectivity index (χ4v) is 2.34. The first-order chi connectivity index (χ1) is 10.6. The van der Waals surface area contributed by atoms with E-state index >= 15 is 0 Å². The second-order valence-electron chi connectivity index (χ2n) is 5.08. The largest absolute Gasteiger partial charge is 0.445 e. The highest BCUT2D eigenvalue weighted by atomic mass is 19.1. The lowest BCUT2D eigenvalue weighted by Gasteiger charge is -2.31. The van der Waals surface area contributed by atoms with Gasteiger partial charge in [0.1, 0.15) is 12.4 Å². The molecule has 1 aromatic rings. The molecular weight excluding hydrogens is 287 g/mol. The molecule has 22 heavy (non-hydrogen) atoms. The number of hydrogen-bond acceptors (Lipinski definition) is 3. The van der Waals surface area contributed by atoms with Crippen LogP contribution in [0.15, 0.2) is 36.9 Å². The van der Waals surface area contributed by atoms with Gasteiger partial charge in [-0.3, -0.25) is 4.79 Å². The summed E-state index contributed by atoms with van der Waals surface area (Å²) in [6, 6.07) is 5.80. The first-order valence-electron chi connectivity index (χ1n) is 7.20. The molecule has 0 spiro atoms. The molecule has 0 bridgehead atoms. The molecule has 1 aliphatic heterocycles. The summed E-state index contributed by atoms with van der Waals surface area (Å²) in [6.07, 6.45) is 2.37. The minimum Gasteiger partial charge on any atom is -0.445 e. The Kier molecular flexibility index (Phi) is 5.52. The van der Waals surface area contributed by atoms with E-state index < -0.39 is 11.7 Å². The first-order valence-corrected chi connectivity index (χ1v) is 7.20. The fourth-order valence-electron chi connectivity index (χ4n) is 2.34. The van der Waals surface area contributed by atoms with E-state index in [0.29, 0.717) is 25.9 Å². The zero-order valence-electron chi connectivity index (χ0n) is 12.3. The Bertz CT molecular complexity index is 554. The number of amides is 2. The Morgan fingerprint density at radius 2 is 2.05 bits per heavy atom. The van der Waals surface area contributed by atoms with E-state index in [-0.39, 0.29) is 24.3 Å². The van der Waals surface area contributed by atoms with Gasteiger partial charge in [0, 0.05) is 19.1 Å². The number of carbonyl (C=O) groups excluding carboxylic acids is 2. The topological polar surface area (TPSA) is 58.6 Å². The van der Waals surface area contributed by atoms with Gasteiger partial charge in [0.2, 0.25) is 0 Å². The van der Waals surface area contributed by atoms with Crippen LogP contribution in [0.2, 0.25) is 0 Å². The first kappa shape index (κ1) is 16.0. The standard InChI is InChI=1S/C16H19FN2O3/c1-2-11-22-16(21)19-9-7-12(8-10-19)18-15(20)13-5-3-4-6-14(13)17/h2-6,12H,1,7-11H2,(H,18,20). The van der Waals surface area contributed by atoms with Gasteiger partial charge >= 0.3 is 6.09 Å². The molecule has 2 amide bonds. The maximum absolute atomic E-state index is 13.5. The van der Waals surface area contributed by atoms with Crippen LogP contribution in [0.25, 0.3) is 0 Å². The maximum atomic E-state index is 13.5. The number of nitrogens with one attached hydrogen (secondary N) is 1. The van der Waals surface area contributed by atoms with Crippen molar-refractivity contribution < 1.29 is 18.7 Å². The molecule has 0 aliphatic carbocycles. The van der Waals surface area contributed by atoms with Gasteiger partial charge in [0.05, 0.1) is 5.56 Å². The zero-order valence-corrected chi connectivity index (χ0v) is 12.3. The van der Waals surface area contributed by atoms with Crippen LogP contribution >= 0.6 is 0 Å². The summed E-state index contributed by atoms with van der Waals surface area (Å²) < 4.78 is 18.5. The lowest BCUT2D eigenvalue weighted by atomic mass is 10.0. The molecule has 5 nitrogen and oxygen atoms in total. The SMILES string of the molecule is C=CCOC(=O)N1CCC(NC(=O)c2ccccc2F)CC1. The van der Waals surface area contributed by atoms with Gasteiger partial charge < -0.3 is 15.0 Å². The molecule has 1 heterocycles. The molecule has 2 rings (SSSR count). The number of hydrogen-bond donors (Lipinski definition) is 1. The number of likely N-dealkylation sites (tertiary alicyclic amines) is 1. The van der Waals surface area contributed by atoms with E-state index in [2.05, 4.69) is 11.9 Å². The molecule has 1 N–H and O–H groups in total. The maximum Gasteiger partial charge on any atom is 0.410 e. The lowest BCUT2D eigenvalue weighted by molar-refractivity contribution is 0.0871. The molecule has 6 heteroatoms. The van der Waals surface area contributed by atoms with Gasteiger partial charge in [-0.2, -0.15) is 0 Å². The van der Waals surface area contributed by atoms with Gasteiger partial charge in [-0.25, -0.2) is 9.18 Å². The number of carbonyl (C=O) groups is 2. The molecule has 0 unspecified atom stereocenters. The molecular formula is C16H19FN2O3. The smallest absolute Gasteiger partial charge is 0.410 e. The predicted molar refractivity (Wildman–Crippen MR) is 80.0 cm³/mol. The minimum absolute atomic E-state index is 0.0373. The molecule has 118 valence electrons. The van der Waals surface area contributed by atoms with Gasteiger partial charge in [-0.15, -0.1) is 0 Å². The Morgan fingerprint density at radius 1 is 1.36 bits per heavy atom. The van der Waals surface area contributed by atoms with Crippen LogP contribution in [-0.2, 0) is 4.74 Å². The highest BCUT2D eigenvalue weighted by molar-refractivity contribution is 5.94. The number of rotatable bonds is 4. The highest BCUT2D eigenvalue weighted by Crippen LogP contribution is 2.13. The normalized spacial score (nSPS) is 15.2. The number of benzene rings is 1. The Balaban J connectivity index is 1.82. The lowest BCUT2D eigenvalue weighted by Crippen LogP contribution is -2.46. The van der Waals surface area contributed by atoms with Crippen molar-refractivity contribution in [1.29, 1.82) is 0 Å². The van der Waals surface area contributed by atoms with Crippen LogP contribution in [-0.4, -0.2) is 42.6 Å². The summed E-state index contributed by atoms with van der Waals surface area (Å²) >= 11 is 0. The van der Waals surface area contributed by atoms with Crippen molar-refractivity contribution in [3.8, 4) is 0 Å². The van der Waals surface area contributed by atoms with Crippen LogP contribution in [0.5, 0.6) is 0 Å². The van der Waals surface area contributed by atoms with Crippen LogP contribution in [0, 0.1) is 5.82 Å². The van der Waals surface area contributed by atoms with Gasteiger partial charge in [0.15, 0.2) is 0 Å². The summed E-state index contributed by atoms with van der Waals surface area (Å²) in [4.78, 5) is 25.3. The average Bonchev–Trinajstić information content (AvgIpc) is 2.53. The van der Waals surface area contributed by atoms with Crippen molar-refractivity contribution in [2.24, 2.45) is 0 Å². The molecule has 0 radical (unpaired) electrons. The predicted octanol–water partition coefficient (Wildman–Crippen LogP) is 2.34. The fraction of sp³-hybridized carbons (Fsp3) is 0.375. The summed E-state index contributed by atoms with van der Waals surface area (Å²) in [5.74, 6) is -0.962. The van der Waals surface area contributed by atoms with Gasteiger partial charge in [-0.1, -0.05) is 24.8 Å². The third-order valence-corrected chi connectivity index (χ3v) is 3.53. The molecule has 1 saturated heterocycles. The summed E-state index contributed by atoms with van der Waals surface area (Å²) in [7, 11) is 0. The number of nitrogens with zero attached hydrogens (tertiary/aromatic N) is 1. The van der Waals surface area contributed by atoms with E-state index in [1.807, 2.05) is 0 Å². The average molecular weight is 306 g/mol. The van der Waals surface area contributed by atoms with Crippen molar-refractivity contribution in [3.63, 3.8) is 0 Å². The summed E-state index contributed by atoms with van der Waals surface area (Å²) in [5, 5.41) is 2.80. The van der Waals surface area contributed by atoms with E-state index in [1.54, 1.807) is 17.0 Å². The zero-order chi connectivity index (χ0) is 15.9. The highest BCUT2D eigenvalue weighted by Gasteiger charge is 2.25. The van der Waals surface area contributed by atoms with Crippen molar-refractivity contribution in [2.75, 3.05) is 19.7 Å². The summed E-state index contributed by atoms with van der Waals surface area (Å²) in [5.41, 5.74) is 0.0373. The minimum atomic E-state index is -0.537. The van der Waals surface area contributed by atoms with Crippen molar-refractivity contribution in [1.82, 2.24) is 10.2 Å². The van der Waals surface area contributed by atoms with Crippen LogP contribution in [0.3, 0.4) is 0 Å². The van der Waals surface area contributed by atoms with Crippen LogP contribution < -0.4 is 5.32 Å². The summed E-state index contributed by atoms with van der Waals surface area (Å²) in [6.45, 7) is 4.66. The van der Waals surface area contributed by atoms with E-state index in [0.717, 1.165) is 0 Å². The second-order valence-corrected chi connectivity index (χ2v) is 5.08. The molecule has 1 aliphatic rings. The van der Waals surface area contributed by atoms with Crippen LogP contribution in [0.4, 0.5) is 9.18 Å². The van der Waals surface area contributed by atoms with E-state index in [4.69, 9.17) is 4.74 Å². The Morgan fingerprint density at radius 3 is 2.68 bits per heavy atom. The van der Waals surface area contributed by atoms with Gasteiger partial charge in [0.25, 0.3) is 5.91 Å². The van der Waals surface area contributed by atoms with Crippen molar-refractivity contribution in [2.45, 2.75) is 18.9 Å². The third-order valence-electron chi connectivity index (χ3n) is 3.53. The number of halogens is 1. The van der Waals surface area contributed by atoms with E-state index in [9.17, 15) is 14.0 Å². The quantitative estimate of drug-likeness (QED) is 0.869. The molecule has 0 saturated carbocycles. The number of piperidine rings is 1. The third kappa shape index (κ3) is 4.07. The molecule has 0 atom stereocenters. The number of ether oxygens (including phenoxy) is 1. The van der Waals surface area contributed by atoms with E-state index in [1.165, 1.54) is 18.2 Å². The molecule has 1 aromatic carbocycles. The van der Waals surface area contributed by atoms with Crippen molar-refractivity contribution in [3.05, 3.63) is 48.3 Å². The molecule has 0 aromatic heterocycles. The van der Waals surface area contributed by atoms with Gasteiger partial charge in [-0.05, 0) is 25.0 Å².